The van der Waals surface area contributed by atoms with Crippen molar-refractivity contribution in [3.8, 4) is 5.75 Å². The zero-order valence-corrected chi connectivity index (χ0v) is 12.7. The average Bonchev–Trinajstić information content (AvgIpc) is 3.01. The van der Waals surface area contributed by atoms with Crippen molar-refractivity contribution in [3.63, 3.8) is 0 Å². The first kappa shape index (κ1) is 15.1. The SMILES string of the molecule is NC(=O)c1ccc(NC(=O)COc2ccc3c(c2)CCC3)cc1. The van der Waals surface area contributed by atoms with Crippen molar-refractivity contribution >= 4 is 17.5 Å². The standard InChI is InChI=1S/C18H18N2O3/c19-18(22)13-4-7-15(8-5-13)20-17(21)11-23-16-9-6-12-2-1-3-14(12)10-16/h4-10H,1-3,11H2,(H2,19,22)(H,20,21). The van der Waals surface area contributed by atoms with Crippen LogP contribution in [0.5, 0.6) is 5.75 Å². The first-order valence-electron chi connectivity index (χ1n) is 7.56. The zero-order valence-electron chi connectivity index (χ0n) is 12.7. The normalized spacial score (nSPS) is 12.5. The highest BCUT2D eigenvalue weighted by Gasteiger charge is 2.12. The Morgan fingerprint density at radius 2 is 1.78 bits per heavy atom. The molecule has 0 spiro atoms. The fourth-order valence-corrected chi connectivity index (χ4v) is 2.70. The molecule has 0 aromatic heterocycles. The molecule has 2 aromatic rings. The van der Waals surface area contributed by atoms with E-state index >= 15 is 0 Å². The third kappa shape index (κ3) is 3.69. The Hall–Kier alpha value is -2.82. The summed E-state index contributed by atoms with van der Waals surface area (Å²) in [5.74, 6) is -0.0370. The van der Waals surface area contributed by atoms with E-state index in [1.54, 1.807) is 24.3 Å². The second-order valence-corrected chi connectivity index (χ2v) is 5.56. The van der Waals surface area contributed by atoms with Crippen LogP contribution in [0.4, 0.5) is 5.69 Å². The van der Waals surface area contributed by atoms with Crippen LogP contribution in [0.15, 0.2) is 42.5 Å². The second kappa shape index (κ2) is 6.52. The molecule has 1 aliphatic carbocycles. The van der Waals surface area contributed by atoms with Crippen LogP contribution in [0.25, 0.3) is 0 Å². The Kier molecular flexibility index (Phi) is 4.28. The molecule has 0 radical (unpaired) electrons. The minimum absolute atomic E-state index is 0.0592. The number of fused-ring (bicyclic) bond motifs is 1. The Balaban J connectivity index is 1.54. The van der Waals surface area contributed by atoms with Crippen LogP contribution in [0.2, 0.25) is 0 Å². The molecule has 0 atom stereocenters. The molecule has 3 rings (SSSR count). The number of hydrogen-bond acceptors (Lipinski definition) is 3. The minimum atomic E-state index is -0.497. The molecular weight excluding hydrogens is 292 g/mol. The summed E-state index contributed by atoms with van der Waals surface area (Å²) in [7, 11) is 0. The number of amides is 2. The van der Waals surface area contributed by atoms with Gasteiger partial charge in [0.2, 0.25) is 5.91 Å². The summed E-state index contributed by atoms with van der Waals surface area (Å²) >= 11 is 0. The topological polar surface area (TPSA) is 81.4 Å². The first-order valence-corrected chi connectivity index (χ1v) is 7.56. The van der Waals surface area contributed by atoms with E-state index in [4.69, 9.17) is 10.5 Å². The first-order chi connectivity index (χ1) is 11.1. The molecule has 3 N–H and O–H groups in total. The lowest BCUT2D eigenvalue weighted by atomic mass is 10.1. The van der Waals surface area contributed by atoms with Gasteiger partial charge in [0, 0.05) is 11.3 Å². The maximum atomic E-state index is 11.9. The average molecular weight is 310 g/mol. The molecule has 0 fully saturated rings. The summed E-state index contributed by atoms with van der Waals surface area (Å²) < 4.78 is 5.54. The number of carbonyl (C=O) groups excluding carboxylic acids is 2. The van der Waals surface area contributed by atoms with E-state index in [1.165, 1.54) is 17.5 Å². The molecule has 0 unspecified atom stereocenters. The number of ether oxygens (including phenoxy) is 1. The molecule has 2 amide bonds. The smallest absolute Gasteiger partial charge is 0.262 e. The van der Waals surface area contributed by atoms with Crippen molar-refractivity contribution in [1.82, 2.24) is 0 Å². The Labute approximate surface area is 134 Å². The van der Waals surface area contributed by atoms with Crippen LogP contribution in [0.1, 0.15) is 27.9 Å². The monoisotopic (exact) mass is 310 g/mol. The lowest BCUT2D eigenvalue weighted by Gasteiger charge is -2.09. The van der Waals surface area contributed by atoms with Gasteiger partial charge >= 0.3 is 0 Å². The highest BCUT2D eigenvalue weighted by molar-refractivity contribution is 5.95. The van der Waals surface area contributed by atoms with Gasteiger partial charge < -0.3 is 15.8 Å². The molecule has 118 valence electrons. The summed E-state index contributed by atoms with van der Waals surface area (Å²) in [4.78, 5) is 22.9. The molecule has 0 bridgehead atoms. The summed E-state index contributed by atoms with van der Waals surface area (Å²) in [6, 6.07) is 12.4. The number of nitrogens with two attached hydrogens (primary N) is 1. The molecule has 5 nitrogen and oxygen atoms in total. The maximum absolute atomic E-state index is 11.9. The predicted molar refractivity (Wildman–Crippen MR) is 87.6 cm³/mol. The van der Waals surface area contributed by atoms with Crippen molar-refractivity contribution in [3.05, 3.63) is 59.2 Å². The number of carbonyl (C=O) groups is 2. The van der Waals surface area contributed by atoms with Gasteiger partial charge in [0.05, 0.1) is 0 Å². The molecular formula is C18H18N2O3. The molecule has 0 heterocycles. The van der Waals surface area contributed by atoms with Gasteiger partial charge in [0.1, 0.15) is 5.75 Å². The minimum Gasteiger partial charge on any atom is -0.484 e. The summed E-state index contributed by atoms with van der Waals surface area (Å²) in [6.07, 6.45) is 3.38. The number of hydrogen-bond donors (Lipinski definition) is 2. The van der Waals surface area contributed by atoms with E-state index in [0.717, 1.165) is 12.8 Å². The summed E-state index contributed by atoms with van der Waals surface area (Å²) in [6.45, 7) is -0.0592. The van der Waals surface area contributed by atoms with Gasteiger partial charge in [-0.15, -0.1) is 0 Å². The van der Waals surface area contributed by atoms with Crippen molar-refractivity contribution in [2.45, 2.75) is 19.3 Å². The van der Waals surface area contributed by atoms with Gasteiger partial charge in [0.25, 0.3) is 5.91 Å². The van der Waals surface area contributed by atoms with Gasteiger partial charge in [-0.2, -0.15) is 0 Å². The Bertz CT molecular complexity index is 738. The number of primary amides is 1. The van der Waals surface area contributed by atoms with Crippen LogP contribution in [-0.2, 0) is 17.6 Å². The van der Waals surface area contributed by atoms with E-state index in [-0.39, 0.29) is 12.5 Å². The fraction of sp³-hybridized carbons (Fsp3) is 0.222. The molecule has 23 heavy (non-hydrogen) atoms. The highest BCUT2D eigenvalue weighted by atomic mass is 16.5. The highest BCUT2D eigenvalue weighted by Crippen LogP contribution is 2.25. The fourth-order valence-electron chi connectivity index (χ4n) is 2.70. The third-order valence-electron chi connectivity index (χ3n) is 3.89. The van der Waals surface area contributed by atoms with Crippen molar-refractivity contribution in [2.24, 2.45) is 5.73 Å². The summed E-state index contributed by atoms with van der Waals surface area (Å²) in [5, 5.41) is 2.71. The number of nitrogens with one attached hydrogen (secondary N) is 1. The maximum Gasteiger partial charge on any atom is 0.262 e. The van der Waals surface area contributed by atoms with Gasteiger partial charge in [0.15, 0.2) is 6.61 Å². The van der Waals surface area contributed by atoms with E-state index in [2.05, 4.69) is 11.4 Å². The molecule has 0 aliphatic heterocycles. The summed E-state index contributed by atoms with van der Waals surface area (Å²) in [5.41, 5.74) is 8.85. The van der Waals surface area contributed by atoms with E-state index in [0.29, 0.717) is 17.0 Å². The van der Waals surface area contributed by atoms with Crippen LogP contribution in [-0.4, -0.2) is 18.4 Å². The Morgan fingerprint density at radius 1 is 1.04 bits per heavy atom. The van der Waals surface area contributed by atoms with E-state index in [9.17, 15) is 9.59 Å². The van der Waals surface area contributed by atoms with Crippen molar-refractivity contribution in [2.75, 3.05) is 11.9 Å². The molecule has 2 aromatic carbocycles. The largest absolute Gasteiger partial charge is 0.484 e. The van der Waals surface area contributed by atoms with Gasteiger partial charge in [-0.3, -0.25) is 9.59 Å². The zero-order chi connectivity index (χ0) is 16.2. The molecule has 5 heteroatoms. The van der Waals surface area contributed by atoms with E-state index < -0.39 is 5.91 Å². The van der Waals surface area contributed by atoms with Crippen LogP contribution in [0.3, 0.4) is 0 Å². The van der Waals surface area contributed by atoms with Crippen LogP contribution in [0, 0.1) is 0 Å². The number of benzene rings is 2. The van der Waals surface area contributed by atoms with Crippen molar-refractivity contribution < 1.29 is 14.3 Å². The Morgan fingerprint density at radius 3 is 2.52 bits per heavy atom. The van der Waals surface area contributed by atoms with Gasteiger partial charge in [-0.05, 0) is 66.8 Å². The van der Waals surface area contributed by atoms with Gasteiger partial charge in [-0.25, -0.2) is 0 Å². The lowest BCUT2D eigenvalue weighted by Crippen LogP contribution is -2.20. The van der Waals surface area contributed by atoms with Crippen LogP contribution >= 0.6 is 0 Å². The van der Waals surface area contributed by atoms with Gasteiger partial charge in [-0.1, -0.05) is 6.07 Å². The molecule has 1 aliphatic rings. The second-order valence-electron chi connectivity index (χ2n) is 5.56. The number of anilines is 1. The molecule has 0 saturated carbocycles. The number of rotatable bonds is 5. The van der Waals surface area contributed by atoms with Crippen molar-refractivity contribution in [1.29, 1.82) is 0 Å². The number of aryl methyl sites for hydroxylation is 2. The van der Waals surface area contributed by atoms with Crippen LogP contribution < -0.4 is 15.8 Å². The third-order valence-corrected chi connectivity index (χ3v) is 3.89. The van der Waals surface area contributed by atoms with E-state index in [1.807, 2.05) is 12.1 Å². The predicted octanol–water partition coefficient (Wildman–Crippen LogP) is 2.29. The molecule has 0 saturated heterocycles. The lowest BCUT2D eigenvalue weighted by molar-refractivity contribution is -0.118. The quantitative estimate of drug-likeness (QED) is 0.889.